The zero-order valence-corrected chi connectivity index (χ0v) is 12.0. The maximum absolute atomic E-state index is 12.3. The van der Waals surface area contributed by atoms with Crippen molar-refractivity contribution in [3.63, 3.8) is 0 Å². The smallest absolute Gasteiger partial charge is 0.242 e. The molecule has 1 heterocycles. The van der Waals surface area contributed by atoms with Crippen LogP contribution in [0, 0.1) is 0 Å². The summed E-state index contributed by atoms with van der Waals surface area (Å²) in [5.74, 6) is -0.0936. The minimum Gasteiger partial charge on any atom is -0.326 e. The molecule has 0 radical (unpaired) electrons. The molecule has 104 valence electrons. The van der Waals surface area contributed by atoms with E-state index < -0.39 is 10.0 Å². The van der Waals surface area contributed by atoms with Crippen LogP contribution in [0.3, 0.4) is 0 Å². The Labute approximate surface area is 113 Å². The van der Waals surface area contributed by atoms with Crippen LogP contribution in [0.2, 0.25) is 0 Å². The van der Waals surface area contributed by atoms with Crippen molar-refractivity contribution in [2.24, 2.45) is 0 Å². The highest BCUT2D eigenvalue weighted by molar-refractivity contribution is 7.89. The van der Waals surface area contributed by atoms with Crippen molar-refractivity contribution in [3.8, 4) is 0 Å². The van der Waals surface area contributed by atoms with Crippen LogP contribution in [0.1, 0.15) is 25.3 Å². The topological polar surface area (TPSA) is 66.5 Å². The number of nitrogens with one attached hydrogen (secondary N) is 1. The predicted octanol–water partition coefficient (Wildman–Crippen LogP) is 1.60. The predicted molar refractivity (Wildman–Crippen MR) is 73.5 cm³/mol. The van der Waals surface area contributed by atoms with E-state index >= 15 is 0 Å². The van der Waals surface area contributed by atoms with Crippen LogP contribution in [0.25, 0.3) is 0 Å². The number of nitrogens with zero attached hydrogens (tertiary/aromatic N) is 1. The molecule has 6 heteroatoms. The summed E-state index contributed by atoms with van der Waals surface area (Å²) in [6.45, 7) is 2.53. The molecule has 1 amide bonds. The molecule has 1 aromatic carbocycles. The molecule has 0 bridgehead atoms. The van der Waals surface area contributed by atoms with Gasteiger partial charge in [-0.1, -0.05) is 13.3 Å². The lowest BCUT2D eigenvalue weighted by molar-refractivity contribution is -0.115. The van der Waals surface area contributed by atoms with Gasteiger partial charge in [0.2, 0.25) is 15.9 Å². The summed E-state index contributed by atoms with van der Waals surface area (Å²) in [5.41, 5.74) is 1.45. The summed E-state index contributed by atoms with van der Waals surface area (Å²) in [6, 6.07) is 4.79. The van der Waals surface area contributed by atoms with Crippen molar-refractivity contribution in [2.75, 3.05) is 18.9 Å². The van der Waals surface area contributed by atoms with E-state index in [2.05, 4.69) is 5.32 Å². The number of hydrogen-bond acceptors (Lipinski definition) is 3. The average molecular weight is 282 g/mol. The monoisotopic (exact) mass is 282 g/mol. The molecule has 0 fully saturated rings. The molecule has 0 aromatic heterocycles. The minimum atomic E-state index is -3.46. The van der Waals surface area contributed by atoms with Crippen molar-refractivity contribution in [2.45, 2.75) is 31.1 Å². The van der Waals surface area contributed by atoms with Gasteiger partial charge in [-0.15, -0.1) is 0 Å². The third kappa shape index (κ3) is 2.79. The van der Waals surface area contributed by atoms with Crippen LogP contribution in [0.15, 0.2) is 23.1 Å². The van der Waals surface area contributed by atoms with E-state index in [4.69, 9.17) is 0 Å². The van der Waals surface area contributed by atoms with E-state index in [0.717, 1.165) is 18.4 Å². The maximum Gasteiger partial charge on any atom is 0.242 e. The van der Waals surface area contributed by atoms with Gasteiger partial charge in [0.25, 0.3) is 0 Å². The van der Waals surface area contributed by atoms with E-state index in [1.165, 1.54) is 4.31 Å². The van der Waals surface area contributed by atoms with Gasteiger partial charge in [-0.2, -0.15) is 0 Å². The number of anilines is 1. The minimum absolute atomic E-state index is 0.0936. The molecule has 5 nitrogen and oxygen atoms in total. The number of fused-ring (bicyclic) bond motifs is 1. The summed E-state index contributed by atoms with van der Waals surface area (Å²) in [7, 11) is -1.87. The van der Waals surface area contributed by atoms with Crippen LogP contribution < -0.4 is 5.32 Å². The Hall–Kier alpha value is -1.40. The van der Waals surface area contributed by atoms with E-state index in [0.29, 0.717) is 12.2 Å². The highest BCUT2D eigenvalue weighted by atomic mass is 32.2. The molecule has 1 aliphatic heterocycles. The summed E-state index contributed by atoms with van der Waals surface area (Å²) in [4.78, 5) is 11.5. The lowest BCUT2D eigenvalue weighted by Gasteiger charge is -2.17. The van der Waals surface area contributed by atoms with Gasteiger partial charge in [0.1, 0.15) is 0 Å². The molecular weight excluding hydrogens is 264 g/mol. The van der Waals surface area contributed by atoms with Crippen molar-refractivity contribution >= 4 is 21.6 Å². The summed E-state index contributed by atoms with van der Waals surface area (Å²) >= 11 is 0. The first kappa shape index (κ1) is 14.0. The van der Waals surface area contributed by atoms with Crippen LogP contribution in [-0.2, 0) is 21.2 Å². The number of amides is 1. The molecule has 1 N–H and O–H groups in total. The molecule has 0 atom stereocenters. The number of carbonyl (C=O) groups is 1. The van der Waals surface area contributed by atoms with E-state index in [-0.39, 0.29) is 17.2 Å². The fourth-order valence-corrected chi connectivity index (χ4v) is 3.31. The molecule has 0 unspecified atom stereocenters. The Balaban J connectivity index is 2.27. The number of sulfonamides is 1. The number of unbranched alkanes of at least 4 members (excludes halogenated alkanes) is 1. The van der Waals surface area contributed by atoms with Crippen molar-refractivity contribution in [3.05, 3.63) is 23.8 Å². The maximum atomic E-state index is 12.3. The Morgan fingerprint density at radius 3 is 2.79 bits per heavy atom. The van der Waals surface area contributed by atoms with Crippen LogP contribution in [-0.4, -0.2) is 32.2 Å². The first-order chi connectivity index (χ1) is 8.95. The van der Waals surface area contributed by atoms with E-state index in [1.54, 1.807) is 25.2 Å². The van der Waals surface area contributed by atoms with Gasteiger partial charge in [0.05, 0.1) is 11.3 Å². The average Bonchev–Trinajstić information content (AvgIpc) is 2.74. The Morgan fingerprint density at radius 2 is 2.11 bits per heavy atom. The number of hydrogen-bond donors (Lipinski definition) is 1. The molecule has 0 saturated carbocycles. The number of carbonyl (C=O) groups excluding carboxylic acids is 1. The number of benzene rings is 1. The standard InChI is InChI=1S/C13H18N2O3S/c1-3-4-7-15(2)19(17,18)11-5-6-12-10(8-11)9-13(16)14-12/h5-6,8H,3-4,7,9H2,1-2H3,(H,14,16). The van der Waals surface area contributed by atoms with Gasteiger partial charge in [-0.3, -0.25) is 4.79 Å². The lowest BCUT2D eigenvalue weighted by atomic mass is 10.2. The zero-order chi connectivity index (χ0) is 14.0. The van der Waals surface area contributed by atoms with E-state index in [9.17, 15) is 13.2 Å². The van der Waals surface area contributed by atoms with Crippen LogP contribution in [0.5, 0.6) is 0 Å². The third-order valence-electron chi connectivity index (χ3n) is 3.24. The first-order valence-electron chi connectivity index (χ1n) is 6.34. The molecule has 1 aromatic rings. The van der Waals surface area contributed by atoms with Gasteiger partial charge >= 0.3 is 0 Å². The first-order valence-corrected chi connectivity index (χ1v) is 7.78. The largest absolute Gasteiger partial charge is 0.326 e. The molecule has 0 saturated heterocycles. The highest BCUT2D eigenvalue weighted by Gasteiger charge is 2.24. The van der Waals surface area contributed by atoms with Crippen molar-refractivity contribution in [1.82, 2.24) is 4.31 Å². The van der Waals surface area contributed by atoms with Gasteiger partial charge in [0, 0.05) is 19.3 Å². The normalized spacial score (nSPS) is 14.6. The van der Waals surface area contributed by atoms with Crippen molar-refractivity contribution < 1.29 is 13.2 Å². The quantitative estimate of drug-likeness (QED) is 0.892. The van der Waals surface area contributed by atoms with Gasteiger partial charge in [0.15, 0.2) is 0 Å². The molecule has 0 spiro atoms. The summed E-state index contributed by atoms with van der Waals surface area (Å²) < 4.78 is 26.0. The highest BCUT2D eigenvalue weighted by Crippen LogP contribution is 2.26. The Bertz CT molecular complexity index is 596. The van der Waals surface area contributed by atoms with Gasteiger partial charge in [-0.05, 0) is 30.2 Å². The fourth-order valence-electron chi connectivity index (χ4n) is 2.05. The van der Waals surface area contributed by atoms with Gasteiger partial charge in [-0.25, -0.2) is 12.7 Å². The van der Waals surface area contributed by atoms with Gasteiger partial charge < -0.3 is 5.32 Å². The zero-order valence-electron chi connectivity index (χ0n) is 11.1. The lowest BCUT2D eigenvalue weighted by Crippen LogP contribution is -2.27. The molecule has 2 rings (SSSR count). The molecule has 0 aliphatic carbocycles. The second-order valence-corrected chi connectivity index (χ2v) is 6.77. The second kappa shape index (κ2) is 5.30. The number of rotatable bonds is 5. The molecule has 1 aliphatic rings. The third-order valence-corrected chi connectivity index (χ3v) is 5.09. The summed E-state index contributed by atoms with van der Waals surface area (Å²) in [6.07, 6.45) is 2.03. The second-order valence-electron chi connectivity index (χ2n) is 4.72. The fraction of sp³-hybridized carbons (Fsp3) is 0.462. The SMILES string of the molecule is CCCCN(C)S(=O)(=O)c1ccc2c(c1)CC(=O)N2. The summed E-state index contributed by atoms with van der Waals surface area (Å²) in [5, 5.41) is 2.69. The Morgan fingerprint density at radius 1 is 1.37 bits per heavy atom. The molecule has 19 heavy (non-hydrogen) atoms. The molecular formula is C13H18N2O3S. The van der Waals surface area contributed by atoms with Crippen molar-refractivity contribution in [1.29, 1.82) is 0 Å². The van der Waals surface area contributed by atoms with Crippen LogP contribution >= 0.6 is 0 Å². The van der Waals surface area contributed by atoms with E-state index in [1.807, 2.05) is 6.92 Å². The van der Waals surface area contributed by atoms with Crippen LogP contribution in [0.4, 0.5) is 5.69 Å². The Kier molecular flexibility index (Phi) is 3.91.